The molecule has 1 atom stereocenters. The van der Waals surface area contributed by atoms with Gasteiger partial charge in [0.1, 0.15) is 0 Å². The van der Waals surface area contributed by atoms with Gasteiger partial charge in [-0.3, -0.25) is 9.59 Å². The van der Waals surface area contributed by atoms with Gasteiger partial charge in [0.15, 0.2) is 0 Å². The first-order valence-electron chi connectivity index (χ1n) is 10.3. The molecular formula is C23H26N2O3S. The zero-order chi connectivity index (χ0) is 20.5. The van der Waals surface area contributed by atoms with Gasteiger partial charge in [-0.25, -0.2) is 4.21 Å². The van der Waals surface area contributed by atoms with E-state index in [9.17, 15) is 13.8 Å². The Bertz CT molecular complexity index is 982. The molecule has 0 aromatic heterocycles. The summed E-state index contributed by atoms with van der Waals surface area (Å²) in [5.74, 6) is -0.226. The topological polar surface area (TPSA) is 57.7 Å². The van der Waals surface area contributed by atoms with E-state index in [1.807, 2.05) is 18.9 Å². The molecule has 1 aliphatic carbocycles. The van der Waals surface area contributed by atoms with Crippen molar-refractivity contribution in [3.63, 3.8) is 0 Å². The predicted molar refractivity (Wildman–Crippen MR) is 114 cm³/mol. The van der Waals surface area contributed by atoms with Gasteiger partial charge in [0, 0.05) is 25.2 Å². The Balaban J connectivity index is 1.74. The van der Waals surface area contributed by atoms with Crippen LogP contribution >= 0.6 is 0 Å². The average molecular weight is 411 g/mol. The quantitative estimate of drug-likeness (QED) is 0.761. The van der Waals surface area contributed by atoms with Crippen molar-refractivity contribution in [1.82, 2.24) is 4.90 Å². The number of anilines is 1. The maximum Gasteiger partial charge on any atom is 0.259 e. The second kappa shape index (κ2) is 8.11. The summed E-state index contributed by atoms with van der Waals surface area (Å²) in [5.41, 5.74) is 1.55. The number of benzene rings is 2. The van der Waals surface area contributed by atoms with Gasteiger partial charge in [0.2, 0.25) is 0 Å². The van der Waals surface area contributed by atoms with Gasteiger partial charge in [-0.15, -0.1) is 0 Å². The fraction of sp³-hybridized carbons (Fsp3) is 0.391. The summed E-state index contributed by atoms with van der Waals surface area (Å²) in [6.45, 7) is 2.33. The highest BCUT2D eigenvalue weighted by molar-refractivity contribution is 7.85. The summed E-state index contributed by atoms with van der Waals surface area (Å²) in [4.78, 5) is 30.8. The van der Waals surface area contributed by atoms with Crippen molar-refractivity contribution in [1.29, 1.82) is 0 Å². The van der Waals surface area contributed by atoms with Crippen LogP contribution in [0.1, 0.15) is 59.7 Å². The lowest BCUT2D eigenvalue weighted by molar-refractivity contribution is 0.0696. The fourth-order valence-electron chi connectivity index (χ4n) is 4.35. The first-order chi connectivity index (χ1) is 14.0. The molecule has 0 spiro atoms. The monoisotopic (exact) mass is 410 g/mol. The summed E-state index contributed by atoms with van der Waals surface area (Å²) in [5, 5.41) is 0. The van der Waals surface area contributed by atoms with Gasteiger partial charge in [0.05, 0.1) is 31.8 Å². The van der Waals surface area contributed by atoms with Gasteiger partial charge >= 0.3 is 0 Å². The van der Waals surface area contributed by atoms with Gasteiger partial charge < -0.3 is 9.80 Å². The lowest BCUT2D eigenvalue weighted by Crippen LogP contribution is -2.38. The van der Waals surface area contributed by atoms with Crippen LogP contribution in [0.5, 0.6) is 0 Å². The van der Waals surface area contributed by atoms with E-state index < -0.39 is 10.8 Å². The summed E-state index contributed by atoms with van der Waals surface area (Å²) in [7, 11) is 0.388. The van der Waals surface area contributed by atoms with Crippen molar-refractivity contribution in [2.75, 3.05) is 18.5 Å². The highest BCUT2D eigenvalue weighted by Gasteiger charge is 2.31. The third-order valence-corrected chi connectivity index (χ3v) is 7.52. The minimum absolute atomic E-state index is 0.0456. The van der Waals surface area contributed by atoms with Gasteiger partial charge in [0.25, 0.3) is 11.8 Å². The maximum absolute atomic E-state index is 13.2. The van der Waals surface area contributed by atoms with Crippen LogP contribution in [0.4, 0.5) is 5.69 Å². The minimum atomic E-state index is -1.47. The molecule has 0 radical (unpaired) electrons. The SMILES string of the molecule is CCN1C(=O)c2ccccc2S(=O)c2ccc(C(=O)N(C)C3CCCCC3)cc21. The van der Waals surface area contributed by atoms with E-state index in [0.29, 0.717) is 33.2 Å². The van der Waals surface area contributed by atoms with E-state index in [1.165, 1.54) is 6.42 Å². The van der Waals surface area contributed by atoms with Crippen molar-refractivity contribution in [3.05, 3.63) is 53.6 Å². The number of rotatable bonds is 3. The zero-order valence-electron chi connectivity index (χ0n) is 16.9. The molecule has 29 heavy (non-hydrogen) atoms. The molecule has 2 aliphatic rings. The van der Waals surface area contributed by atoms with Gasteiger partial charge in [-0.1, -0.05) is 31.4 Å². The van der Waals surface area contributed by atoms with E-state index in [1.54, 1.807) is 47.4 Å². The van der Waals surface area contributed by atoms with Crippen molar-refractivity contribution in [2.45, 2.75) is 54.9 Å². The normalized spacial score (nSPS) is 19.3. The molecule has 1 heterocycles. The van der Waals surface area contributed by atoms with Crippen molar-refractivity contribution in [3.8, 4) is 0 Å². The van der Waals surface area contributed by atoms with Crippen molar-refractivity contribution >= 4 is 28.3 Å². The molecule has 1 fully saturated rings. The van der Waals surface area contributed by atoms with E-state index in [4.69, 9.17) is 0 Å². The molecule has 1 saturated carbocycles. The number of carbonyl (C=O) groups excluding carboxylic acids is 2. The predicted octanol–water partition coefficient (Wildman–Crippen LogP) is 4.24. The molecule has 0 bridgehead atoms. The van der Waals surface area contributed by atoms with Crippen LogP contribution in [-0.4, -0.2) is 40.6 Å². The number of hydrogen-bond acceptors (Lipinski definition) is 3. The molecule has 2 amide bonds. The highest BCUT2D eigenvalue weighted by Crippen LogP contribution is 2.35. The Morgan fingerprint density at radius 1 is 1.10 bits per heavy atom. The van der Waals surface area contributed by atoms with Gasteiger partial charge in [-0.2, -0.15) is 0 Å². The van der Waals surface area contributed by atoms with E-state index in [0.717, 1.165) is 25.7 Å². The Kier molecular flexibility index (Phi) is 5.54. The van der Waals surface area contributed by atoms with Crippen LogP contribution < -0.4 is 4.90 Å². The second-order valence-electron chi connectivity index (χ2n) is 7.70. The Labute approximate surface area is 174 Å². The lowest BCUT2D eigenvalue weighted by atomic mass is 9.94. The Hall–Kier alpha value is -2.47. The Morgan fingerprint density at radius 3 is 2.55 bits per heavy atom. The number of carbonyl (C=O) groups is 2. The summed E-state index contributed by atoms with van der Waals surface area (Å²) >= 11 is 0. The van der Waals surface area contributed by atoms with Crippen LogP contribution in [0, 0.1) is 0 Å². The molecule has 6 heteroatoms. The molecule has 2 aromatic rings. The van der Waals surface area contributed by atoms with E-state index in [2.05, 4.69) is 0 Å². The molecule has 1 aliphatic heterocycles. The molecule has 2 aromatic carbocycles. The van der Waals surface area contributed by atoms with Crippen molar-refractivity contribution in [2.24, 2.45) is 0 Å². The Morgan fingerprint density at radius 2 is 1.83 bits per heavy atom. The first kappa shape index (κ1) is 19.8. The zero-order valence-corrected chi connectivity index (χ0v) is 17.7. The molecule has 4 rings (SSSR count). The number of nitrogens with zero attached hydrogens (tertiary/aromatic N) is 2. The van der Waals surface area contributed by atoms with E-state index in [-0.39, 0.29) is 17.9 Å². The standard InChI is InChI=1S/C23H26N2O3S/c1-3-25-19-15-16(22(26)24(2)17-9-5-4-6-10-17)13-14-21(19)29(28)20-12-8-7-11-18(20)23(25)27/h7-8,11-15,17H,3-6,9-10H2,1-2H3. The third kappa shape index (κ3) is 3.50. The van der Waals surface area contributed by atoms with Crippen molar-refractivity contribution < 1.29 is 13.8 Å². The van der Waals surface area contributed by atoms with Crippen LogP contribution in [0.15, 0.2) is 52.3 Å². The third-order valence-electron chi connectivity index (χ3n) is 6.02. The number of amides is 2. The van der Waals surface area contributed by atoms with Crippen LogP contribution in [0.2, 0.25) is 0 Å². The lowest BCUT2D eigenvalue weighted by Gasteiger charge is -2.31. The summed E-state index contributed by atoms with van der Waals surface area (Å²) < 4.78 is 13.2. The first-order valence-corrected chi connectivity index (χ1v) is 11.4. The molecule has 1 unspecified atom stereocenters. The molecule has 0 N–H and O–H groups in total. The second-order valence-corrected chi connectivity index (χ2v) is 9.12. The average Bonchev–Trinajstić information content (AvgIpc) is 2.86. The largest absolute Gasteiger partial charge is 0.339 e. The summed E-state index contributed by atoms with van der Waals surface area (Å²) in [6, 6.07) is 12.5. The number of hydrogen-bond donors (Lipinski definition) is 0. The van der Waals surface area contributed by atoms with Gasteiger partial charge in [-0.05, 0) is 50.1 Å². The maximum atomic E-state index is 13.2. The summed E-state index contributed by atoms with van der Waals surface area (Å²) in [6.07, 6.45) is 5.61. The van der Waals surface area contributed by atoms with Crippen LogP contribution in [0.25, 0.3) is 0 Å². The molecule has 152 valence electrons. The fourth-order valence-corrected chi connectivity index (χ4v) is 5.69. The highest BCUT2D eigenvalue weighted by atomic mass is 32.2. The smallest absolute Gasteiger partial charge is 0.259 e. The molecular weight excluding hydrogens is 384 g/mol. The van der Waals surface area contributed by atoms with Crippen LogP contribution in [-0.2, 0) is 10.8 Å². The minimum Gasteiger partial charge on any atom is -0.339 e. The molecule has 0 saturated heterocycles. The number of fused-ring (bicyclic) bond motifs is 2. The van der Waals surface area contributed by atoms with Crippen LogP contribution in [0.3, 0.4) is 0 Å². The van der Waals surface area contributed by atoms with E-state index >= 15 is 0 Å². The molecule has 5 nitrogen and oxygen atoms in total.